The van der Waals surface area contributed by atoms with Crippen LogP contribution < -0.4 is 14.8 Å². The van der Waals surface area contributed by atoms with E-state index >= 15 is 0 Å². The number of nitrogens with one attached hydrogen (secondary N) is 2. The molecule has 31 heavy (non-hydrogen) atoms. The molecule has 158 valence electrons. The molecule has 7 nitrogen and oxygen atoms in total. The van der Waals surface area contributed by atoms with Gasteiger partial charge in [0, 0.05) is 10.9 Å². The standard InChI is InChI=1S/C21H17N3O4S3/c25-21(15-7-9-17(10-8-15)28-12-16-13-29-14-22-16)23-18-4-1-2-5-19(18)24-31(26,27)20-6-3-11-30-20/h1-11,13-14,24H,12H2,(H,23,25). The summed E-state index contributed by atoms with van der Waals surface area (Å²) in [6, 6.07) is 16.5. The maximum absolute atomic E-state index is 12.7. The first-order valence-electron chi connectivity index (χ1n) is 9.08. The number of hydrogen-bond donors (Lipinski definition) is 2. The van der Waals surface area contributed by atoms with E-state index in [1.807, 2.05) is 5.38 Å². The lowest BCUT2D eigenvalue weighted by Crippen LogP contribution is -2.16. The number of carbonyl (C=O) groups excluding carboxylic acids is 1. The summed E-state index contributed by atoms with van der Waals surface area (Å²) in [7, 11) is -3.73. The highest BCUT2D eigenvalue weighted by Crippen LogP contribution is 2.26. The van der Waals surface area contributed by atoms with E-state index in [0.717, 1.165) is 17.0 Å². The molecule has 0 saturated heterocycles. The van der Waals surface area contributed by atoms with E-state index in [1.54, 1.807) is 65.5 Å². The summed E-state index contributed by atoms with van der Waals surface area (Å²) < 4.78 is 33.4. The Morgan fingerprint density at radius 1 is 1.00 bits per heavy atom. The minimum Gasteiger partial charge on any atom is -0.487 e. The van der Waals surface area contributed by atoms with Gasteiger partial charge in [-0.05, 0) is 47.8 Å². The van der Waals surface area contributed by atoms with Crippen molar-refractivity contribution in [2.24, 2.45) is 0 Å². The molecule has 0 bridgehead atoms. The second-order valence-corrected chi connectivity index (χ2v) is 9.91. The van der Waals surface area contributed by atoms with Gasteiger partial charge >= 0.3 is 0 Å². The summed E-state index contributed by atoms with van der Waals surface area (Å²) in [5.41, 5.74) is 3.64. The molecular formula is C21H17N3O4S3. The van der Waals surface area contributed by atoms with Crippen molar-refractivity contribution in [2.75, 3.05) is 10.0 Å². The summed E-state index contributed by atoms with van der Waals surface area (Å²) >= 11 is 2.62. The lowest BCUT2D eigenvalue weighted by Gasteiger charge is -2.13. The molecule has 0 aliphatic rings. The maximum Gasteiger partial charge on any atom is 0.271 e. The molecule has 4 rings (SSSR count). The molecule has 2 aromatic carbocycles. The van der Waals surface area contributed by atoms with Crippen LogP contribution in [0.15, 0.2) is 81.1 Å². The number of ether oxygens (including phenoxy) is 1. The Morgan fingerprint density at radius 3 is 2.45 bits per heavy atom. The smallest absolute Gasteiger partial charge is 0.271 e. The number of benzene rings is 2. The zero-order chi connectivity index (χ0) is 21.7. The van der Waals surface area contributed by atoms with Crippen LogP contribution in [0.2, 0.25) is 0 Å². The number of hydrogen-bond acceptors (Lipinski definition) is 7. The van der Waals surface area contributed by atoms with Gasteiger partial charge in [0.05, 0.1) is 22.6 Å². The number of rotatable bonds is 8. The predicted octanol–water partition coefficient (Wildman–Crippen LogP) is 4.84. The summed E-state index contributed by atoms with van der Waals surface area (Å²) in [5.74, 6) is 0.252. The van der Waals surface area contributed by atoms with Crippen LogP contribution in [0.5, 0.6) is 5.75 Å². The van der Waals surface area contributed by atoms with Crippen molar-refractivity contribution in [3.8, 4) is 5.75 Å². The highest BCUT2D eigenvalue weighted by molar-refractivity contribution is 7.94. The second kappa shape index (κ2) is 9.29. The van der Waals surface area contributed by atoms with Crippen molar-refractivity contribution < 1.29 is 17.9 Å². The molecule has 0 aliphatic carbocycles. The highest BCUT2D eigenvalue weighted by atomic mass is 32.2. The predicted molar refractivity (Wildman–Crippen MR) is 122 cm³/mol. The van der Waals surface area contributed by atoms with Crippen molar-refractivity contribution in [3.63, 3.8) is 0 Å². The number of para-hydroxylation sites is 2. The molecular weight excluding hydrogens is 454 g/mol. The van der Waals surface area contributed by atoms with Crippen LogP contribution in [0.1, 0.15) is 16.1 Å². The van der Waals surface area contributed by atoms with Crippen molar-refractivity contribution in [3.05, 3.63) is 88.2 Å². The van der Waals surface area contributed by atoms with E-state index in [4.69, 9.17) is 4.74 Å². The average molecular weight is 472 g/mol. The first kappa shape index (κ1) is 21.0. The van der Waals surface area contributed by atoms with Crippen molar-refractivity contribution in [1.82, 2.24) is 4.98 Å². The molecule has 0 unspecified atom stereocenters. The van der Waals surface area contributed by atoms with E-state index in [0.29, 0.717) is 23.6 Å². The van der Waals surface area contributed by atoms with Gasteiger partial charge in [-0.1, -0.05) is 18.2 Å². The van der Waals surface area contributed by atoms with Gasteiger partial charge in [0.2, 0.25) is 0 Å². The third kappa shape index (κ3) is 5.29. The molecule has 0 saturated carbocycles. The van der Waals surface area contributed by atoms with Gasteiger partial charge in [0.25, 0.3) is 15.9 Å². The molecule has 10 heteroatoms. The number of thiophene rings is 1. The molecule has 2 aromatic heterocycles. The Kier molecular flexibility index (Phi) is 6.31. The van der Waals surface area contributed by atoms with Gasteiger partial charge in [-0.25, -0.2) is 13.4 Å². The van der Waals surface area contributed by atoms with Crippen molar-refractivity contribution >= 4 is 50.0 Å². The normalized spacial score (nSPS) is 11.1. The van der Waals surface area contributed by atoms with Gasteiger partial charge in [0.1, 0.15) is 16.6 Å². The molecule has 0 fully saturated rings. The van der Waals surface area contributed by atoms with E-state index in [1.165, 1.54) is 17.4 Å². The van der Waals surface area contributed by atoms with E-state index < -0.39 is 10.0 Å². The lowest BCUT2D eigenvalue weighted by atomic mass is 10.2. The van der Waals surface area contributed by atoms with Crippen LogP contribution in [-0.4, -0.2) is 19.3 Å². The highest BCUT2D eigenvalue weighted by Gasteiger charge is 2.18. The minimum atomic E-state index is -3.73. The number of anilines is 2. The number of aromatic nitrogens is 1. The van der Waals surface area contributed by atoms with Crippen molar-refractivity contribution in [1.29, 1.82) is 0 Å². The molecule has 0 spiro atoms. The summed E-state index contributed by atoms with van der Waals surface area (Å²) in [6.45, 7) is 0.354. The van der Waals surface area contributed by atoms with E-state index in [2.05, 4.69) is 15.0 Å². The Bertz CT molecular complexity index is 1250. The van der Waals surface area contributed by atoms with Gasteiger partial charge < -0.3 is 10.1 Å². The van der Waals surface area contributed by atoms with Crippen LogP contribution in [-0.2, 0) is 16.6 Å². The quantitative estimate of drug-likeness (QED) is 0.383. The van der Waals surface area contributed by atoms with Gasteiger partial charge in [-0.15, -0.1) is 22.7 Å². The van der Waals surface area contributed by atoms with Crippen LogP contribution in [0.4, 0.5) is 11.4 Å². The maximum atomic E-state index is 12.7. The molecule has 0 atom stereocenters. The largest absolute Gasteiger partial charge is 0.487 e. The Balaban J connectivity index is 1.44. The molecule has 0 radical (unpaired) electrons. The number of thiazole rings is 1. The monoisotopic (exact) mass is 471 g/mol. The Hall–Kier alpha value is -3.21. The number of amides is 1. The lowest BCUT2D eigenvalue weighted by molar-refractivity contribution is 0.102. The summed E-state index contributed by atoms with van der Waals surface area (Å²) in [5, 5.41) is 6.35. The molecule has 2 N–H and O–H groups in total. The van der Waals surface area contributed by atoms with Crippen LogP contribution in [0.3, 0.4) is 0 Å². The first-order chi connectivity index (χ1) is 15.0. The van der Waals surface area contributed by atoms with E-state index in [9.17, 15) is 13.2 Å². The van der Waals surface area contributed by atoms with Crippen LogP contribution in [0.25, 0.3) is 0 Å². The minimum absolute atomic E-state index is 0.196. The average Bonchev–Trinajstić information content (AvgIpc) is 3.48. The first-order valence-corrected chi connectivity index (χ1v) is 12.4. The SMILES string of the molecule is O=C(Nc1ccccc1NS(=O)(=O)c1cccs1)c1ccc(OCc2cscn2)cc1. The molecule has 2 heterocycles. The fraction of sp³-hybridized carbons (Fsp3) is 0.0476. The zero-order valence-electron chi connectivity index (χ0n) is 16.0. The van der Waals surface area contributed by atoms with Crippen molar-refractivity contribution in [2.45, 2.75) is 10.8 Å². The molecule has 1 amide bonds. The molecule has 4 aromatic rings. The number of carbonyl (C=O) groups is 1. The molecule has 0 aliphatic heterocycles. The fourth-order valence-corrected chi connectivity index (χ4v) is 5.27. The number of nitrogens with zero attached hydrogens (tertiary/aromatic N) is 1. The van der Waals surface area contributed by atoms with Gasteiger partial charge in [-0.2, -0.15) is 0 Å². The van der Waals surface area contributed by atoms with Gasteiger partial charge in [0.15, 0.2) is 0 Å². The fourth-order valence-electron chi connectivity index (χ4n) is 2.66. The second-order valence-electron chi connectivity index (χ2n) is 6.33. The zero-order valence-corrected chi connectivity index (χ0v) is 18.5. The third-order valence-electron chi connectivity index (χ3n) is 4.17. The number of sulfonamides is 1. The summed E-state index contributed by atoms with van der Waals surface area (Å²) in [4.78, 5) is 16.8. The third-order valence-corrected chi connectivity index (χ3v) is 7.56. The van der Waals surface area contributed by atoms with E-state index in [-0.39, 0.29) is 15.8 Å². The summed E-state index contributed by atoms with van der Waals surface area (Å²) in [6.07, 6.45) is 0. The topological polar surface area (TPSA) is 97.4 Å². The Morgan fingerprint density at radius 2 is 1.77 bits per heavy atom. The van der Waals surface area contributed by atoms with Crippen LogP contribution in [0, 0.1) is 0 Å². The van der Waals surface area contributed by atoms with Crippen LogP contribution >= 0.6 is 22.7 Å². The Labute approximate surface area is 187 Å². The van der Waals surface area contributed by atoms with Gasteiger partial charge in [-0.3, -0.25) is 9.52 Å².